The van der Waals surface area contributed by atoms with Crippen molar-refractivity contribution in [2.75, 3.05) is 26.2 Å². The van der Waals surface area contributed by atoms with E-state index in [1.54, 1.807) is 0 Å². The minimum atomic E-state index is -0.00108. The molecule has 0 atom stereocenters. The first-order chi connectivity index (χ1) is 19.2. The highest BCUT2D eigenvalue weighted by atomic mass is 16.1. The Hall–Kier alpha value is -3.02. The van der Waals surface area contributed by atoms with Gasteiger partial charge in [0.2, 0.25) is 0 Å². The summed E-state index contributed by atoms with van der Waals surface area (Å²) in [6, 6.07) is 22.5. The molecule has 39 heavy (non-hydrogen) atoms. The largest absolute Gasteiger partial charge is 0.348 e. The maximum Gasteiger partial charge on any atom is 0.251 e. The Kier molecular flexibility index (Phi) is 10.2. The summed E-state index contributed by atoms with van der Waals surface area (Å²) in [7, 11) is 0. The number of likely N-dealkylation sites (tertiary alicyclic amines) is 2. The number of nitrogens with one attached hydrogen (secondary N) is 1. The van der Waals surface area contributed by atoms with Crippen LogP contribution in [0.5, 0.6) is 0 Å². The van der Waals surface area contributed by atoms with Crippen LogP contribution in [0.15, 0.2) is 79.1 Å². The van der Waals surface area contributed by atoms with Crippen molar-refractivity contribution in [3.05, 3.63) is 101 Å². The molecule has 2 aromatic carbocycles. The molecule has 5 rings (SSSR count). The quantitative estimate of drug-likeness (QED) is 0.320. The molecule has 0 radical (unpaired) electrons. The highest BCUT2D eigenvalue weighted by molar-refractivity contribution is 5.94. The SMILES string of the molecule is O=C(NCc1ccccc1)c1cccc(CN2CCC(CCCC3CCN(Cc4ccncc4)CC3)CC2)c1. The van der Waals surface area contributed by atoms with E-state index in [-0.39, 0.29) is 5.91 Å². The van der Waals surface area contributed by atoms with E-state index in [2.05, 4.69) is 44.4 Å². The zero-order valence-electron chi connectivity index (χ0n) is 23.3. The van der Waals surface area contributed by atoms with Gasteiger partial charge in [-0.1, -0.05) is 61.7 Å². The topological polar surface area (TPSA) is 48.5 Å². The second-order valence-electron chi connectivity index (χ2n) is 11.6. The molecule has 5 nitrogen and oxygen atoms in total. The molecule has 0 unspecified atom stereocenters. The van der Waals surface area contributed by atoms with E-state index in [4.69, 9.17) is 0 Å². The first-order valence-corrected chi connectivity index (χ1v) is 15.0. The van der Waals surface area contributed by atoms with Crippen LogP contribution in [0.3, 0.4) is 0 Å². The van der Waals surface area contributed by atoms with E-state index in [0.717, 1.165) is 36.1 Å². The number of rotatable bonds is 11. The summed E-state index contributed by atoms with van der Waals surface area (Å²) in [5, 5.41) is 3.05. The van der Waals surface area contributed by atoms with Crippen molar-refractivity contribution in [3.8, 4) is 0 Å². The van der Waals surface area contributed by atoms with E-state index in [1.165, 1.54) is 82.3 Å². The lowest BCUT2D eigenvalue weighted by Crippen LogP contribution is -2.34. The average molecular weight is 525 g/mol. The van der Waals surface area contributed by atoms with Crippen LogP contribution in [0.1, 0.15) is 72.0 Å². The fourth-order valence-electron chi connectivity index (χ4n) is 6.26. The lowest BCUT2D eigenvalue weighted by molar-refractivity contribution is 0.0950. The summed E-state index contributed by atoms with van der Waals surface area (Å²) >= 11 is 0. The van der Waals surface area contributed by atoms with E-state index in [0.29, 0.717) is 6.54 Å². The monoisotopic (exact) mass is 524 g/mol. The molecule has 206 valence electrons. The third-order valence-electron chi connectivity index (χ3n) is 8.69. The van der Waals surface area contributed by atoms with Crippen molar-refractivity contribution in [2.24, 2.45) is 11.8 Å². The molecular formula is C34H44N4O. The first kappa shape index (κ1) is 27.5. The van der Waals surface area contributed by atoms with E-state index >= 15 is 0 Å². The number of nitrogens with zero attached hydrogens (tertiary/aromatic N) is 3. The molecule has 1 N–H and O–H groups in total. The van der Waals surface area contributed by atoms with Gasteiger partial charge in [0.15, 0.2) is 0 Å². The Labute approximate surface area is 234 Å². The van der Waals surface area contributed by atoms with Crippen LogP contribution in [0.2, 0.25) is 0 Å². The molecule has 2 aliphatic rings. The van der Waals surface area contributed by atoms with Gasteiger partial charge in [-0.15, -0.1) is 0 Å². The van der Waals surface area contributed by atoms with Crippen molar-refractivity contribution in [2.45, 2.75) is 64.6 Å². The second-order valence-corrected chi connectivity index (χ2v) is 11.6. The predicted octanol–water partition coefficient (Wildman–Crippen LogP) is 6.31. The van der Waals surface area contributed by atoms with Gasteiger partial charge in [-0.2, -0.15) is 0 Å². The summed E-state index contributed by atoms with van der Waals surface area (Å²) in [5.41, 5.74) is 4.48. The zero-order valence-corrected chi connectivity index (χ0v) is 23.3. The van der Waals surface area contributed by atoms with Crippen LogP contribution in [0, 0.1) is 11.8 Å². The van der Waals surface area contributed by atoms with Crippen molar-refractivity contribution in [1.29, 1.82) is 0 Å². The maximum atomic E-state index is 12.7. The molecule has 3 heterocycles. The van der Waals surface area contributed by atoms with Gasteiger partial charge >= 0.3 is 0 Å². The maximum absolute atomic E-state index is 12.7. The zero-order chi connectivity index (χ0) is 26.7. The number of amides is 1. The molecule has 0 aliphatic carbocycles. The molecule has 5 heteroatoms. The lowest BCUT2D eigenvalue weighted by atomic mass is 9.86. The normalized spacial score (nSPS) is 17.7. The number of hydrogen-bond acceptors (Lipinski definition) is 4. The van der Waals surface area contributed by atoms with Crippen LogP contribution >= 0.6 is 0 Å². The van der Waals surface area contributed by atoms with E-state index in [9.17, 15) is 4.79 Å². The fraction of sp³-hybridized carbons (Fsp3) is 0.471. The Morgan fingerprint density at radius 2 is 1.31 bits per heavy atom. The summed E-state index contributed by atoms with van der Waals surface area (Å²) in [5.74, 6) is 1.79. The van der Waals surface area contributed by atoms with Crippen molar-refractivity contribution >= 4 is 5.91 Å². The first-order valence-electron chi connectivity index (χ1n) is 15.0. The number of aromatic nitrogens is 1. The number of carbonyl (C=O) groups excluding carboxylic acids is 1. The summed E-state index contributed by atoms with van der Waals surface area (Å²) in [6.07, 6.45) is 13.3. The molecule has 0 saturated carbocycles. The predicted molar refractivity (Wildman–Crippen MR) is 158 cm³/mol. The Bertz CT molecular complexity index is 1140. The van der Waals surface area contributed by atoms with Crippen molar-refractivity contribution in [3.63, 3.8) is 0 Å². The number of carbonyl (C=O) groups is 1. The molecule has 1 amide bonds. The van der Waals surface area contributed by atoms with Gasteiger partial charge < -0.3 is 5.32 Å². The van der Waals surface area contributed by atoms with E-state index in [1.807, 2.05) is 54.9 Å². The van der Waals surface area contributed by atoms with Crippen molar-refractivity contribution < 1.29 is 4.79 Å². The van der Waals surface area contributed by atoms with Crippen LogP contribution < -0.4 is 5.32 Å². The molecular weight excluding hydrogens is 480 g/mol. The highest BCUT2D eigenvalue weighted by Crippen LogP contribution is 2.28. The number of benzene rings is 2. The standard InChI is InChI=1S/C34H44N4O/c39-34(36-25-30-6-2-1-3-7-30)33-11-5-10-32(24-33)27-38-22-16-29(17-23-38)9-4-8-28-14-20-37(21-15-28)26-31-12-18-35-19-13-31/h1-3,5-7,10-13,18-19,24,28-29H,4,8-9,14-17,20-23,25-27H2,(H,36,39). The summed E-state index contributed by atoms with van der Waals surface area (Å²) in [4.78, 5) is 22.0. The number of pyridine rings is 1. The van der Waals surface area contributed by atoms with Gasteiger partial charge in [-0.25, -0.2) is 0 Å². The Morgan fingerprint density at radius 3 is 1.95 bits per heavy atom. The molecule has 2 aliphatic heterocycles. The summed E-state index contributed by atoms with van der Waals surface area (Å²) < 4.78 is 0. The third kappa shape index (κ3) is 8.74. The fourth-order valence-corrected chi connectivity index (χ4v) is 6.26. The molecule has 1 aromatic heterocycles. The van der Waals surface area contributed by atoms with Gasteiger partial charge in [0, 0.05) is 37.6 Å². The molecule has 2 fully saturated rings. The third-order valence-corrected chi connectivity index (χ3v) is 8.69. The molecule has 3 aromatic rings. The molecule has 0 bridgehead atoms. The molecule has 2 saturated heterocycles. The minimum Gasteiger partial charge on any atom is -0.348 e. The smallest absolute Gasteiger partial charge is 0.251 e. The summed E-state index contributed by atoms with van der Waals surface area (Å²) in [6.45, 7) is 7.38. The van der Waals surface area contributed by atoms with Gasteiger partial charge in [-0.05, 0) is 105 Å². The van der Waals surface area contributed by atoms with Gasteiger partial charge in [0.25, 0.3) is 5.91 Å². The second kappa shape index (κ2) is 14.4. The van der Waals surface area contributed by atoms with Crippen LogP contribution in [-0.4, -0.2) is 46.9 Å². The number of hydrogen-bond donors (Lipinski definition) is 1. The van der Waals surface area contributed by atoms with Crippen LogP contribution in [0.25, 0.3) is 0 Å². The van der Waals surface area contributed by atoms with Crippen LogP contribution in [0.4, 0.5) is 0 Å². The minimum absolute atomic E-state index is 0.00108. The van der Waals surface area contributed by atoms with Gasteiger partial charge in [-0.3, -0.25) is 19.6 Å². The van der Waals surface area contributed by atoms with Gasteiger partial charge in [0.05, 0.1) is 0 Å². The average Bonchev–Trinajstić information content (AvgIpc) is 2.99. The lowest BCUT2D eigenvalue weighted by Gasteiger charge is -2.33. The van der Waals surface area contributed by atoms with E-state index < -0.39 is 0 Å². The Morgan fingerprint density at radius 1 is 0.718 bits per heavy atom. The highest BCUT2D eigenvalue weighted by Gasteiger charge is 2.22. The van der Waals surface area contributed by atoms with Gasteiger partial charge in [0.1, 0.15) is 0 Å². The number of piperidine rings is 2. The van der Waals surface area contributed by atoms with Crippen LogP contribution in [-0.2, 0) is 19.6 Å². The molecule has 0 spiro atoms. The Balaban J connectivity index is 0.964. The van der Waals surface area contributed by atoms with Crippen molar-refractivity contribution in [1.82, 2.24) is 20.1 Å².